The van der Waals surface area contributed by atoms with E-state index in [1.54, 1.807) is 16.7 Å². The van der Waals surface area contributed by atoms with Crippen LogP contribution in [0.25, 0.3) is 23.2 Å². The van der Waals surface area contributed by atoms with Gasteiger partial charge in [0.1, 0.15) is 5.69 Å². The molecule has 3 rings (SSSR count). The fraction of sp³-hybridized carbons (Fsp3) is 0.190. The topological polar surface area (TPSA) is 72.2 Å². The highest BCUT2D eigenvalue weighted by atomic mass is 16.4. The highest BCUT2D eigenvalue weighted by Crippen LogP contribution is 2.16. The second-order valence-electron chi connectivity index (χ2n) is 6.25. The third-order valence-corrected chi connectivity index (χ3v) is 4.39. The Balaban J connectivity index is 2.17. The van der Waals surface area contributed by atoms with Gasteiger partial charge in [-0.15, -0.1) is 0 Å². The third kappa shape index (κ3) is 3.28. The van der Waals surface area contributed by atoms with Crippen LogP contribution in [0.15, 0.2) is 41.2 Å². The van der Waals surface area contributed by atoms with Crippen LogP contribution >= 0.6 is 0 Å². The SMILES string of the molecule is CCn1c(=O)c(/C=C/c2cc(C)ccc2C)nc2cc(C(=O)O)ccc21. The molecule has 1 N–H and O–H groups in total. The largest absolute Gasteiger partial charge is 0.478 e. The highest BCUT2D eigenvalue weighted by Gasteiger charge is 2.11. The number of fused-ring (bicyclic) bond motifs is 1. The van der Waals surface area contributed by atoms with E-state index in [0.29, 0.717) is 23.3 Å². The Kier molecular flexibility index (Phi) is 4.71. The molecule has 0 radical (unpaired) electrons. The highest BCUT2D eigenvalue weighted by molar-refractivity contribution is 5.92. The van der Waals surface area contributed by atoms with Gasteiger partial charge in [0, 0.05) is 6.54 Å². The number of aromatic nitrogens is 2. The van der Waals surface area contributed by atoms with Crippen LogP contribution in [0.2, 0.25) is 0 Å². The van der Waals surface area contributed by atoms with E-state index in [9.17, 15) is 14.7 Å². The van der Waals surface area contributed by atoms with Crippen molar-refractivity contribution in [1.82, 2.24) is 9.55 Å². The molecule has 0 amide bonds. The van der Waals surface area contributed by atoms with E-state index in [1.807, 2.05) is 45.0 Å². The molecule has 26 heavy (non-hydrogen) atoms. The molecule has 0 saturated carbocycles. The van der Waals surface area contributed by atoms with Crippen molar-refractivity contribution < 1.29 is 9.90 Å². The molecule has 0 spiro atoms. The molecule has 0 unspecified atom stereocenters. The van der Waals surface area contributed by atoms with Crippen LogP contribution in [0.1, 0.15) is 39.7 Å². The first kappa shape index (κ1) is 17.6. The van der Waals surface area contributed by atoms with Crippen molar-refractivity contribution in [3.63, 3.8) is 0 Å². The van der Waals surface area contributed by atoms with Crippen LogP contribution in [-0.2, 0) is 6.54 Å². The van der Waals surface area contributed by atoms with Crippen molar-refractivity contribution >= 4 is 29.2 Å². The molecule has 5 heteroatoms. The van der Waals surface area contributed by atoms with Crippen molar-refractivity contribution in [3.05, 3.63) is 74.7 Å². The van der Waals surface area contributed by atoms with E-state index in [0.717, 1.165) is 16.7 Å². The summed E-state index contributed by atoms with van der Waals surface area (Å²) in [5, 5.41) is 9.19. The van der Waals surface area contributed by atoms with E-state index < -0.39 is 5.97 Å². The summed E-state index contributed by atoms with van der Waals surface area (Å²) in [5.41, 5.74) is 4.64. The zero-order valence-corrected chi connectivity index (χ0v) is 15.0. The Morgan fingerprint density at radius 3 is 2.62 bits per heavy atom. The lowest BCUT2D eigenvalue weighted by Gasteiger charge is -2.09. The van der Waals surface area contributed by atoms with Gasteiger partial charge in [-0.1, -0.05) is 29.8 Å². The summed E-state index contributed by atoms with van der Waals surface area (Å²) in [6, 6.07) is 10.7. The molecule has 132 valence electrons. The van der Waals surface area contributed by atoms with Gasteiger partial charge in [0.2, 0.25) is 0 Å². The van der Waals surface area contributed by atoms with Gasteiger partial charge in [-0.25, -0.2) is 9.78 Å². The number of hydrogen-bond acceptors (Lipinski definition) is 3. The molecule has 0 bridgehead atoms. The molecule has 1 heterocycles. The van der Waals surface area contributed by atoms with Gasteiger partial charge in [-0.3, -0.25) is 4.79 Å². The lowest BCUT2D eigenvalue weighted by Crippen LogP contribution is -2.23. The molecule has 2 aromatic carbocycles. The molecule has 0 aliphatic rings. The summed E-state index contributed by atoms with van der Waals surface area (Å²) < 4.78 is 1.61. The fourth-order valence-corrected chi connectivity index (χ4v) is 2.93. The Morgan fingerprint density at radius 1 is 1.15 bits per heavy atom. The normalized spacial score (nSPS) is 11.3. The van der Waals surface area contributed by atoms with Crippen molar-refractivity contribution in [3.8, 4) is 0 Å². The lowest BCUT2D eigenvalue weighted by atomic mass is 10.1. The van der Waals surface area contributed by atoms with Gasteiger partial charge in [0.05, 0.1) is 16.6 Å². The van der Waals surface area contributed by atoms with Gasteiger partial charge in [0.25, 0.3) is 5.56 Å². The number of rotatable bonds is 4. The zero-order chi connectivity index (χ0) is 18.8. The first-order chi connectivity index (χ1) is 12.4. The summed E-state index contributed by atoms with van der Waals surface area (Å²) >= 11 is 0. The number of nitrogens with zero attached hydrogens (tertiary/aromatic N) is 2. The lowest BCUT2D eigenvalue weighted by molar-refractivity contribution is 0.0697. The molecule has 3 aromatic rings. The minimum absolute atomic E-state index is 0.149. The van der Waals surface area contributed by atoms with Crippen LogP contribution in [-0.4, -0.2) is 20.6 Å². The van der Waals surface area contributed by atoms with Crippen molar-refractivity contribution in [2.45, 2.75) is 27.3 Å². The minimum atomic E-state index is -1.02. The Hall–Kier alpha value is -3.21. The second-order valence-corrected chi connectivity index (χ2v) is 6.25. The maximum atomic E-state index is 12.7. The van der Waals surface area contributed by atoms with Crippen LogP contribution in [0, 0.1) is 13.8 Å². The van der Waals surface area contributed by atoms with Crippen LogP contribution in [0.4, 0.5) is 0 Å². The number of carboxylic acid groups (broad SMARTS) is 1. The van der Waals surface area contributed by atoms with Crippen molar-refractivity contribution in [2.75, 3.05) is 0 Å². The Bertz CT molecular complexity index is 1090. The first-order valence-electron chi connectivity index (χ1n) is 8.44. The number of aryl methyl sites for hydroxylation is 3. The number of hydrogen-bond donors (Lipinski definition) is 1. The maximum absolute atomic E-state index is 12.7. The third-order valence-electron chi connectivity index (χ3n) is 4.39. The Morgan fingerprint density at radius 2 is 1.92 bits per heavy atom. The van der Waals surface area contributed by atoms with Crippen LogP contribution in [0.5, 0.6) is 0 Å². The summed E-state index contributed by atoms with van der Waals surface area (Å²) in [6.07, 6.45) is 3.57. The Labute approximate surface area is 151 Å². The first-order valence-corrected chi connectivity index (χ1v) is 8.44. The smallest absolute Gasteiger partial charge is 0.335 e. The van der Waals surface area contributed by atoms with E-state index >= 15 is 0 Å². The molecular weight excluding hydrogens is 328 g/mol. The molecule has 1 aromatic heterocycles. The summed E-state index contributed by atoms with van der Waals surface area (Å²) in [6.45, 7) is 6.39. The number of benzene rings is 2. The van der Waals surface area contributed by atoms with Crippen LogP contribution < -0.4 is 5.56 Å². The quantitative estimate of drug-likeness (QED) is 0.776. The second kappa shape index (κ2) is 6.96. The van der Waals surface area contributed by atoms with Gasteiger partial charge in [-0.2, -0.15) is 0 Å². The summed E-state index contributed by atoms with van der Waals surface area (Å²) in [4.78, 5) is 28.4. The monoisotopic (exact) mass is 348 g/mol. The van der Waals surface area contributed by atoms with E-state index in [2.05, 4.69) is 4.98 Å². The predicted molar refractivity (Wildman–Crippen MR) is 103 cm³/mol. The molecule has 0 atom stereocenters. The standard InChI is InChI=1S/C21H20N2O3/c1-4-23-19-10-8-16(21(25)26)12-18(19)22-17(20(23)24)9-7-15-11-13(2)5-6-14(15)3/h5-12H,4H2,1-3H3,(H,25,26)/b9-7+. The predicted octanol–water partition coefficient (Wildman–Crippen LogP) is 3.90. The van der Waals surface area contributed by atoms with Gasteiger partial charge >= 0.3 is 5.97 Å². The summed E-state index contributed by atoms with van der Waals surface area (Å²) in [5.74, 6) is -1.02. The molecule has 0 aliphatic carbocycles. The van der Waals surface area contributed by atoms with E-state index in [-0.39, 0.29) is 11.1 Å². The number of carbonyl (C=O) groups is 1. The van der Waals surface area contributed by atoms with Gasteiger partial charge in [0.15, 0.2) is 0 Å². The minimum Gasteiger partial charge on any atom is -0.478 e. The maximum Gasteiger partial charge on any atom is 0.335 e. The van der Waals surface area contributed by atoms with Gasteiger partial charge in [-0.05, 0) is 56.2 Å². The average molecular weight is 348 g/mol. The summed E-state index contributed by atoms with van der Waals surface area (Å²) in [7, 11) is 0. The number of aromatic carboxylic acids is 1. The van der Waals surface area contributed by atoms with Crippen molar-refractivity contribution in [2.24, 2.45) is 0 Å². The molecule has 5 nitrogen and oxygen atoms in total. The molecular formula is C21H20N2O3. The molecule has 0 fully saturated rings. The van der Waals surface area contributed by atoms with Crippen LogP contribution in [0.3, 0.4) is 0 Å². The number of carboxylic acids is 1. The van der Waals surface area contributed by atoms with Crippen molar-refractivity contribution in [1.29, 1.82) is 0 Å². The molecule has 0 saturated heterocycles. The van der Waals surface area contributed by atoms with Gasteiger partial charge < -0.3 is 9.67 Å². The van der Waals surface area contributed by atoms with E-state index in [4.69, 9.17) is 0 Å². The zero-order valence-electron chi connectivity index (χ0n) is 15.0. The fourth-order valence-electron chi connectivity index (χ4n) is 2.93. The molecule has 0 aliphatic heterocycles. The average Bonchev–Trinajstić information content (AvgIpc) is 2.62. The van der Waals surface area contributed by atoms with E-state index in [1.165, 1.54) is 12.1 Å².